The highest BCUT2D eigenvalue weighted by molar-refractivity contribution is 7.80. The van der Waals surface area contributed by atoms with E-state index < -0.39 is 5.97 Å². The molecule has 5 nitrogen and oxygen atoms in total. The van der Waals surface area contributed by atoms with Crippen molar-refractivity contribution in [3.05, 3.63) is 22.2 Å². The van der Waals surface area contributed by atoms with Gasteiger partial charge in [-0.1, -0.05) is 24.9 Å². The van der Waals surface area contributed by atoms with E-state index >= 15 is 0 Å². The molecule has 0 fully saturated rings. The van der Waals surface area contributed by atoms with Crippen LogP contribution in [-0.4, -0.2) is 35.9 Å². The maximum Gasteiger partial charge on any atom is 0.308 e. The van der Waals surface area contributed by atoms with E-state index in [1.807, 2.05) is 6.92 Å². The molecule has 0 bridgehead atoms. The molecule has 126 valence electrons. The number of esters is 1. The van der Waals surface area contributed by atoms with E-state index in [0.29, 0.717) is 12.0 Å². The van der Waals surface area contributed by atoms with E-state index in [9.17, 15) is 9.59 Å². The molecule has 1 aromatic rings. The number of hydrogen-bond acceptors (Lipinski definition) is 5. The summed E-state index contributed by atoms with van der Waals surface area (Å²) < 4.78 is 10.8. The molecule has 1 rings (SSSR count). The van der Waals surface area contributed by atoms with Crippen LogP contribution in [0.4, 0.5) is 0 Å². The first-order valence-corrected chi connectivity index (χ1v) is 7.91. The molecule has 23 heavy (non-hydrogen) atoms. The predicted octanol–water partition coefficient (Wildman–Crippen LogP) is 3.65. The maximum atomic E-state index is 12.1. The Kier molecular flexibility index (Phi) is 6.97. The maximum absolute atomic E-state index is 12.1. The zero-order valence-electron chi connectivity index (χ0n) is 13.9. The van der Waals surface area contributed by atoms with Gasteiger partial charge in [-0.3, -0.25) is 9.59 Å². The molecular formula is C16H20ClNO4S. The minimum absolute atomic E-state index is 0.106. The third kappa shape index (κ3) is 4.91. The summed E-state index contributed by atoms with van der Waals surface area (Å²) in [5.74, 6) is -0.548. The second-order valence-corrected chi connectivity index (χ2v) is 5.97. The molecule has 1 aromatic carbocycles. The molecule has 0 aromatic heterocycles. The molecule has 0 heterocycles. The summed E-state index contributed by atoms with van der Waals surface area (Å²) in [4.78, 5) is 25.1. The summed E-state index contributed by atoms with van der Waals surface area (Å²) in [7, 11) is 3.42. The number of aryl methyl sites for hydroxylation is 1. The van der Waals surface area contributed by atoms with E-state index in [1.165, 1.54) is 13.8 Å². The predicted molar refractivity (Wildman–Crippen MR) is 93.7 cm³/mol. The lowest BCUT2D eigenvalue weighted by Gasteiger charge is -2.20. The molecule has 0 amide bonds. The number of carbonyl (C=O) groups excluding carboxylic acids is 2. The molecule has 0 aliphatic carbocycles. The highest BCUT2D eigenvalue weighted by atomic mass is 35.5. The van der Waals surface area contributed by atoms with Crippen molar-refractivity contribution in [1.29, 1.82) is 0 Å². The number of carbonyl (C=O) groups is 2. The third-order valence-electron chi connectivity index (χ3n) is 2.94. The van der Waals surface area contributed by atoms with E-state index in [4.69, 9.17) is 33.3 Å². The highest BCUT2D eigenvalue weighted by Gasteiger charge is 2.25. The number of thiocarbonyl (C=S) groups is 1. The van der Waals surface area contributed by atoms with Crippen LogP contribution in [0.1, 0.15) is 43.1 Å². The SMILES string of the molecule is CCCc1cc(Cl)c(OC(=S)N(C)C)c(C(C)=O)c1OC(C)=O. The van der Waals surface area contributed by atoms with Gasteiger partial charge in [0.05, 0.1) is 5.02 Å². The molecule has 0 atom stereocenters. The fraction of sp³-hybridized carbons (Fsp3) is 0.438. The number of hydrogen-bond donors (Lipinski definition) is 0. The van der Waals surface area contributed by atoms with E-state index in [0.717, 1.165) is 6.42 Å². The quantitative estimate of drug-likeness (QED) is 0.347. The molecular weight excluding hydrogens is 338 g/mol. The lowest BCUT2D eigenvalue weighted by Crippen LogP contribution is -2.26. The lowest BCUT2D eigenvalue weighted by atomic mass is 10.0. The van der Waals surface area contributed by atoms with E-state index in [2.05, 4.69) is 0 Å². The summed E-state index contributed by atoms with van der Waals surface area (Å²) in [6, 6.07) is 1.64. The number of rotatable bonds is 5. The van der Waals surface area contributed by atoms with Crippen molar-refractivity contribution in [2.45, 2.75) is 33.6 Å². The van der Waals surface area contributed by atoms with Crippen molar-refractivity contribution >= 4 is 40.7 Å². The Hall–Kier alpha value is -1.66. The van der Waals surface area contributed by atoms with Crippen LogP contribution in [0.25, 0.3) is 0 Å². The second kappa shape index (κ2) is 8.26. The normalized spacial score (nSPS) is 10.2. The highest BCUT2D eigenvalue weighted by Crippen LogP contribution is 2.40. The number of ketones is 1. The van der Waals surface area contributed by atoms with Gasteiger partial charge in [0.25, 0.3) is 5.17 Å². The van der Waals surface area contributed by atoms with Gasteiger partial charge < -0.3 is 14.4 Å². The van der Waals surface area contributed by atoms with Crippen molar-refractivity contribution in [2.24, 2.45) is 0 Å². The molecule has 0 aliphatic rings. The van der Waals surface area contributed by atoms with Gasteiger partial charge in [0.15, 0.2) is 11.5 Å². The Morgan fingerprint density at radius 2 is 1.83 bits per heavy atom. The number of nitrogens with zero attached hydrogens (tertiary/aromatic N) is 1. The second-order valence-electron chi connectivity index (χ2n) is 5.21. The molecule has 0 saturated heterocycles. The topological polar surface area (TPSA) is 55.8 Å². The van der Waals surface area contributed by atoms with Gasteiger partial charge >= 0.3 is 5.97 Å². The van der Waals surface area contributed by atoms with E-state index in [1.54, 1.807) is 25.1 Å². The standard InChI is InChI=1S/C16H20ClNO4S/c1-6-7-11-8-12(17)15(22-16(23)18(4)5)13(9(2)19)14(11)21-10(3)20/h8H,6-7H2,1-5H3. The zero-order chi connectivity index (χ0) is 17.7. The monoisotopic (exact) mass is 357 g/mol. The van der Waals surface area contributed by atoms with Gasteiger partial charge in [-0.15, -0.1) is 0 Å². The fourth-order valence-corrected chi connectivity index (χ4v) is 2.33. The van der Waals surface area contributed by atoms with Gasteiger partial charge in [0.1, 0.15) is 11.3 Å². The number of ether oxygens (including phenoxy) is 2. The van der Waals surface area contributed by atoms with Gasteiger partial charge in [0, 0.05) is 21.0 Å². The summed E-state index contributed by atoms with van der Waals surface area (Å²) in [6.45, 7) is 4.61. The first-order chi connectivity index (χ1) is 10.7. The lowest BCUT2D eigenvalue weighted by molar-refractivity contribution is -0.131. The van der Waals surface area contributed by atoms with Crippen LogP contribution in [0, 0.1) is 0 Å². The largest absolute Gasteiger partial charge is 0.429 e. The van der Waals surface area contributed by atoms with Crippen molar-refractivity contribution in [3.63, 3.8) is 0 Å². The third-order valence-corrected chi connectivity index (χ3v) is 3.66. The smallest absolute Gasteiger partial charge is 0.308 e. The van der Waals surface area contributed by atoms with Crippen LogP contribution in [-0.2, 0) is 11.2 Å². The van der Waals surface area contributed by atoms with Crippen molar-refractivity contribution in [3.8, 4) is 11.5 Å². The molecule has 0 spiro atoms. The number of halogens is 1. The molecule has 0 unspecified atom stereocenters. The van der Waals surface area contributed by atoms with Crippen molar-refractivity contribution in [1.82, 2.24) is 4.90 Å². The molecule has 7 heteroatoms. The number of benzene rings is 1. The summed E-state index contributed by atoms with van der Waals surface area (Å²) >= 11 is 11.4. The van der Waals surface area contributed by atoms with Gasteiger partial charge in [-0.25, -0.2) is 0 Å². The van der Waals surface area contributed by atoms with Gasteiger partial charge in [-0.05, 0) is 37.2 Å². The Labute approximate surface area is 146 Å². The van der Waals surface area contributed by atoms with Crippen LogP contribution in [0.3, 0.4) is 0 Å². The van der Waals surface area contributed by atoms with E-state index in [-0.39, 0.29) is 33.0 Å². The molecule has 0 N–H and O–H groups in total. The Morgan fingerprint density at radius 1 is 1.22 bits per heavy atom. The van der Waals surface area contributed by atoms with Crippen LogP contribution >= 0.6 is 23.8 Å². The van der Waals surface area contributed by atoms with Crippen molar-refractivity contribution in [2.75, 3.05) is 14.1 Å². The average Bonchev–Trinajstić information content (AvgIpc) is 2.42. The summed E-state index contributed by atoms with van der Waals surface area (Å²) in [6.07, 6.45) is 1.42. The first-order valence-electron chi connectivity index (χ1n) is 7.12. The minimum Gasteiger partial charge on any atom is -0.429 e. The van der Waals surface area contributed by atoms with Crippen LogP contribution in [0.15, 0.2) is 6.07 Å². The van der Waals surface area contributed by atoms with Gasteiger partial charge in [-0.2, -0.15) is 0 Å². The Morgan fingerprint density at radius 3 is 2.26 bits per heavy atom. The average molecular weight is 358 g/mol. The Balaban J connectivity index is 3.58. The fourth-order valence-electron chi connectivity index (χ4n) is 1.98. The van der Waals surface area contributed by atoms with Crippen LogP contribution in [0.5, 0.6) is 11.5 Å². The van der Waals surface area contributed by atoms with Gasteiger partial charge in [0.2, 0.25) is 0 Å². The summed E-state index contributed by atoms with van der Waals surface area (Å²) in [5.41, 5.74) is 0.807. The number of Topliss-reactive ketones (excluding diaryl/α,β-unsaturated/α-hetero) is 1. The molecule has 0 aliphatic heterocycles. The van der Waals surface area contributed by atoms with Crippen LogP contribution < -0.4 is 9.47 Å². The Bertz CT molecular complexity index is 643. The minimum atomic E-state index is -0.520. The molecule has 0 radical (unpaired) electrons. The zero-order valence-corrected chi connectivity index (χ0v) is 15.4. The first kappa shape index (κ1) is 19.4. The molecule has 0 saturated carbocycles. The summed E-state index contributed by atoms with van der Waals surface area (Å²) in [5, 5.41) is 0.394. The van der Waals surface area contributed by atoms with Crippen molar-refractivity contribution < 1.29 is 19.1 Å². The van der Waals surface area contributed by atoms with Crippen LogP contribution in [0.2, 0.25) is 5.02 Å².